The molecule has 4 nitrogen and oxygen atoms in total. The highest BCUT2D eigenvalue weighted by molar-refractivity contribution is 6.08. The summed E-state index contributed by atoms with van der Waals surface area (Å²) in [7, 11) is 0. The van der Waals surface area contributed by atoms with Gasteiger partial charge in [0, 0.05) is 29.2 Å². The molecule has 0 bridgehead atoms. The molecule has 0 amide bonds. The highest BCUT2D eigenvalue weighted by Crippen LogP contribution is 2.39. The van der Waals surface area contributed by atoms with Crippen molar-refractivity contribution in [2.75, 3.05) is 11.4 Å². The van der Waals surface area contributed by atoms with Crippen LogP contribution in [-0.2, 0) is 0 Å². The maximum atomic E-state index is 9.53. The first-order valence-corrected chi connectivity index (χ1v) is 17.5. The maximum absolute atomic E-state index is 9.53. The third kappa shape index (κ3) is 7.91. The zero-order valence-electron chi connectivity index (χ0n) is 29.7. The van der Waals surface area contributed by atoms with Crippen molar-refractivity contribution < 1.29 is 0 Å². The van der Waals surface area contributed by atoms with E-state index in [1.54, 1.807) is 0 Å². The zero-order valence-corrected chi connectivity index (χ0v) is 29.7. The van der Waals surface area contributed by atoms with Crippen LogP contribution in [0.5, 0.6) is 0 Å². The Morgan fingerprint density at radius 1 is 0.863 bits per heavy atom. The average molecular weight is 665 g/mol. The van der Waals surface area contributed by atoms with Crippen LogP contribution in [0.3, 0.4) is 0 Å². The number of fused-ring (bicyclic) bond motifs is 1. The van der Waals surface area contributed by atoms with Crippen molar-refractivity contribution in [2.24, 2.45) is 4.99 Å². The van der Waals surface area contributed by atoms with Crippen LogP contribution in [0.25, 0.3) is 11.1 Å². The van der Waals surface area contributed by atoms with E-state index in [4.69, 9.17) is 4.99 Å². The first-order chi connectivity index (χ1) is 25.0. The van der Waals surface area contributed by atoms with Gasteiger partial charge in [-0.2, -0.15) is 5.26 Å². The Labute approximate surface area is 303 Å². The van der Waals surface area contributed by atoms with Gasteiger partial charge >= 0.3 is 0 Å². The Kier molecular flexibility index (Phi) is 11.3. The highest BCUT2D eigenvalue weighted by Gasteiger charge is 2.38. The summed E-state index contributed by atoms with van der Waals surface area (Å²) in [4.78, 5) is 10.1. The van der Waals surface area contributed by atoms with Crippen molar-refractivity contribution in [3.05, 3.63) is 198 Å². The van der Waals surface area contributed by atoms with Crippen LogP contribution in [0.2, 0.25) is 0 Å². The summed E-state index contributed by atoms with van der Waals surface area (Å²) in [6.45, 7) is 11.3. The predicted molar refractivity (Wildman–Crippen MR) is 215 cm³/mol. The van der Waals surface area contributed by atoms with Gasteiger partial charge in [-0.25, -0.2) is 0 Å². The minimum Gasteiger partial charge on any atom is -0.311 e. The monoisotopic (exact) mass is 664 g/mol. The van der Waals surface area contributed by atoms with Gasteiger partial charge in [0.1, 0.15) is 6.17 Å². The lowest BCUT2D eigenvalue weighted by molar-refractivity contribution is 0.242. The molecule has 0 saturated carbocycles. The third-order valence-corrected chi connectivity index (χ3v) is 9.40. The number of nitrogens with zero attached hydrogens (tertiary/aromatic N) is 4. The number of anilines is 3. The van der Waals surface area contributed by atoms with E-state index in [1.807, 2.05) is 31.2 Å². The van der Waals surface area contributed by atoms with E-state index in [0.717, 1.165) is 51.5 Å². The summed E-state index contributed by atoms with van der Waals surface area (Å²) in [6.07, 6.45) is 19.1. The quantitative estimate of drug-likeness (QED) is 0.132. The molecule has 2 unspecified atom stereocenters. The van der Waals surface area contributed by atoms with E-state index in [2.05, 4.69) is 176 Å². The van der Waals surface area contributed by atoms with Gasteiger partial charge in [0.15, 0.2) is 0 Å². The molecule has 1 heterocycles. The van der Waals surface area contributed by atoms with Gasteiger partial charge in [-0.3, -0.25) is 9.89 Å². The minimum atomic E-state index is -0.215. The average Bonchev–Trinajstić information content (AvgIpc) is 3.56. The van der Waals surface area contributed by atoms with Gasteiger partial charge in [0.2, 0.25) is 0 Å². The molecule has 0 aromatic heterocycles. The molecule has 51 heavy (non-hydrogen) atoms. The van der Waals surface area contributed by atoms with Gasteiger partial charge in [-0.05, 0) is 103 Å². The van der Waals surface area contributed by atoms with Crippen LogP contribution in [0.4, 0.5) is 17.1 Å². The Morgan fingerprint density at radius 2 is 1.47 bits per heavy atom. The number of benzene rings is 4. The number of nitriles is 1. The summed E-state index contributed by atoms with van der Waals surface area (Å²) in [5.74, 6) is 0. The fourth-order valence-electron chi connectivity index (χ4n) is 6.74. The maximum Gasteiger partial charge on any atom is 0.129 e. The largest absolute Gasteiger partial charge is 0.311 e. The Bertz CT molecular complexity index is 2050. The van der Waals surface area contributed by atoms with Crippen LogP contribution in [0, 0.1) is 11.3 Å². The lowest BCUT2D eigenvalue weighted by Crippen LogP contribution is -2.38. The molecule has 0 radical (unpaired) electrons. The molecule has 4 heteroatoms. The van der Waals surface area contributed by atoms with E-state index in [1.165, 1.54) is 11.1 Å². The Morgan fingerprint density at radius 3 is 2.06 bits per heavy atom. The van der Waals surface area contributed by atoms with Crippen molar-refractivity contribution in [2.45, 2.75) is 39.4 Å². The van der Waals surface area contributed by atoms with Gasteiger partial charge in [0.25, 0.3) is 0 Å². The molecule has 2 aliphatic rings. The normalized spacial score (nSPS) is 20.9. The first kappa shape index (κ1) is 34.8. The van der Waals surface area contributed by atoms with Crippen molar-refractivity contribution in [1.82, 2.24) is 4.90 Å². The van der Waals surface area contributed by atoms with Gasteiger partial charge in [0.05, 0.1) is 17.8 Å². The summed E-state index contributed by atoms with van der Waals surface area (Å²) in [5.41, 5.74) is 11.8. The van der Waals surface area contributed by atoms with Crippen molar-refractivity contribution in [3.63, 3.8) is 0 Å². The highest BCUT2D eigenvalue weighted by atomic mass is 15.3. The van der Waals surface area contributed by atoms with E-state index in [0.29, 0.717) is 12.1 Å². The van der Waals surface area contributed by atoms with Crippen molar-refractivity contribution in [3.8, 4) is 17.2 Å². The number of rotatable bonds is 9. The molecule has 0 fully saturated rings. The van der Waals surface area contributed by atoms with Gasteiger partial charge in [-0.1, -0.05) is 128 Å². The minimum absolute atomic E-state index is 0.108. The molecule has 4 aromatic carbocycles. The number of aliphatic imine (C=N–C) groups is 1. The molecule has 6 rings (SSSR count). The second-order valence-corrected chi connectivity index (χ2v) is 12.6. The molecule has 1 aliphatic heterocycles. The molecule has 0 spiro atoms. The van der Waals surface area contributed by atoms with Crippen molar-refractivity contribution in [1.29, 1.82) is 5.26 Å². The molecule has 252 valence electrons. The number of hydrogen-bond donors (Lipinski definition) is 0. The Balaban J connectivity index is 1.34. The fraction of sp³-hybridized carbons (Fsp3) is 0.149. The molecule has 4 aromatic rings. The van der Waals surface area contributed by atoms with E-state index < -0.39 is 0 Å². The zero-order chi connectivity index (χ0) is 35.6. The van der Waals surface area contributed by atoms with E-state index in [-0.39, 0.29) is 12.2 Å². The topological polar surface area (TPSA) is 42.6 Å². The fourth-order valence-corrected chi connectivity index (χ4v) is 6.74. The first-order valence-electron chi connectivity index (χ1n) is 17.5. The summed E-state index contributed by atoms with van der Waals surface area (Å²) >= 11 is 0. The lowest BCUT2D eigenvalue weighted by Gasteiger charge is -2.30. The summed E-state index contributed by atoms with van der Waals surface area (Å²) in [5, 5.41) is 9.53. The van der Waals surface area contributed by atoms with Crippen molar-refractivity contribution >= 4 is 22.8 Å². The molecular weight excluding hydrogens is 621 g/mol. The number of hydrogen-bond acceptors (Lipinski definition) is 4. The molecule has 0 N–H and O–H groups in total. The second-order valence-electron chi connectivity index (χ2n) is 12.6. The van der Waals surface area contributed by atoms with Crippen LogP contribution in [0.1, 0.15) is 38.9 Å². The second kappa shape index (κ2) is 16.6. The standard InChI is InChI=1S/C47H44N4/c1-5-17-38-20-11-7-10-18-35(3)46-45(36(38)4)49-47(50(46)33-16-19-37(6-2)34-48)41-27-25-39(26-28-41)40-29-31-44(32-30-40)51(42-21-12-8-13-22-42)43-23-14-9-15-24-43/h5-19,21-32,46-47H,3,20,33H2,1-2,4H3/b11-7-,17-5-,18-10-,19-16-,37-6+,38-36-. The summed E-state index contributed by atoms with van der Waals surface area (Å²) in [6, 6.07) is 40.6. The van der Waals surface area contributed by atoms with Crippen LogP contribution >= 0.6 is 0 Å². The van der Waals surface area contributed by atoms with Crippen LogP contribution in [-0.4, -0.2) is 23.2 Å². The molecule has 0 saturated heterocycles. The van der Waals surface area contributed by atoms with Gasteiger partial charge in [-0.15, -0.1) is 0 Å². The Hall–Kier alpha value is -6.02. The summed E-state index contributed by atoms with van der Waals surface area (Å²) < 4.78 is 0. The molecule has 1 aliphatic carbocycles. The molecular formula is C47H44N4. The van der Waals surface area contributed by atoms with Gasteiger partial charge < -0.3 is 4.90 Å². The lowest BCUT2D eigenvalue weighted by atomic mass is 9.92. The number of allylic oxidation sites excluding steroid dienone is 9. The SMILES string of the molecule is C=C1/C=C\C=C/CC(/C=C\C)=C(/C)C2=NC(c3ccc(-c4ccc(N(c5ccccc5)c5ccccc5)cc4)cc3)N(C/C=C\C(C#N)=C/C)C12. The van der Waals surface area contributed by atoms with E-state index in [9.17, 15) is 5.26 Å². The van der Waals surface area contributed by atoms with Crippen LogP contribution < -0.4 is 4.90 Å². The van der Waals surface area contributed by atoms with Crippen LogP contribution in [0.15, 0.2) is 198 Å². The predicted octanol–water partition coefficient (Wildman–Crippen LogP) is 11.9. The molecule has 2 atom stereocenters. The van der Waals surface area contributed by atoms with E-state index >= 15 is 0 Å². The number of para-hydroxylation sites is 2. The third-order valence-electron chi connectivity index (χ3n) is 9.40. The smallest absolute Gasteiger partial charge is 0.129 e.